The molecule has 0 atom stereocenters. The van der Waals surface area contributed by atoms with Gasteiger partial charge in [-0.05, 0) is 45.3 Å². The molecule has 0 bridgehead atoms. The Morgan fingerprint density at radius 1 is 1.24 bits per heavy atom. The highest BCUT2D eigenvalue weighted by Crippen LogP contribution is 2.24. The molecular weight excluding hydrogens is 212 g/mol. The molecule has 1 saturated carbocycles. The number of guanidine groups is 1. The highest BCUT2D eigenvalue weighted by molar-refractivity contribution is 5.78. The molecule has 4 nitrogen and oxygen atoms in total. The van der Waals surface area contributed by atoms with Crippen LogP contribution in [0.25, 0.3) is 0 Å². The molecule has 1 fully saturated rings. The Morgan fingerprint density at radius 3 is 2.41 bits per heavy atom. The molecule has 0 unspecified atom stereocenters. The van der Waals surface area contributed by atoms with Crippen molar-refractivity contribution in [3.63, 3.8) is 0 Å². The van der Waals surface area contributed by atoms with Gasteiger partial charge in [-0.15, -0.1) is 0 Å². The first-order chi connectivity index (χ1) is 8.19. The van der Waals surface area contributed by atoms with Crippen molar-refractivity contribution in [3.8, 4) is 0 Å². The molecule has 4 heteroatoms. The van der Waals surface area contributed by atoms with Crippen LogP contribution in [0.3, 0.4) is 0 Å². The van der Waals surface area contributed by atoms with E-state index in [9.17, 15) is 0 Å². The van der Waals surface area contributed by atoms with Crippen LogP contribution in [-0.4, -0.2) is 55.0 Å². The second-order valence-corrected chi connectivity index (χ2v) is 4.82. The lowest BCUT2D eigenvalue weighted by Gasteiger charge is -2.18. The highest BCUT2D eigenvalue weighted by atomic mass is 15.3. The Bertz CT molecular complexity index is 232. The van der Waals surface area contributed by atoms with Gasteiger partial charge in [-0.2, -0.15) is 0 Å². The molecule has 0 aromatic rings. The molecule has 0 aromatic heterocycles. The normalized spacial score (nSPS) is 16.6. The minimum absolute atomic E-state index is 0.662. The Kier molecular flexibility index (Phi) is 6.34. The first-order valence-corrected chi connectivity index (χ1v) is 6.94. The quantitative estimate of drug-likeness (QED) is 0.397. The number of nitrogens with two attached hydrogens (primary N) is 1. The lowest BCUT2D eigenvalue weighted by Crippen LogP contribution is -2.35. The fraction of sp³-hybridized carbons (Fsp3) is 0.923. The molecule has 0 aromatic carbocycles. The first kappa shape index (κ1) is 14.3. The molecule has 0 aliphatic heterocycles. The molecule has 1 aliphatic carbocycles. The zero-order valence-electron chi connectivity index (χ0n) is 11.7. The maximum absolute atomic E-state index is 5.92. The standard InChI is InChI=1S/C13H28N4/c1-4-17(5-2)11-7-6-10-15-13(14)16(3)12-8-9-12/h12H,4-11H2,1-3H3,(H2,14,15). The van der Waals surface area contributed by atoms with Gasteiger partial charge in [-0.25, -0.2) is 0 Å². The van der Waals surface area contributed by atoms with Crippen LogP contribution >= 0.6 is 0 Å². The molecule has 0 radical (unpaired) electrons. The summed E-state index contributed by atoms with van der Waals surface area (Å²) in [6.45, 7) is 8.76. The van der Waals surface area contributed by atoms with Gasteiger partial charge in [0.1, 0.15) is 0 Å². The van der Waals surface area contributed by atoms with Gasteiger partial charge in [0.05, 0.1) is 0 Å². The summed E-state index contributed by atoms with van der Waals surface area (Å²) in [6, 6.07) is 0.662. The summed E-state index contributed by atoms with van der Waals surface area (Å²) >= 11 is 0. The average molecular weight is 240 g/mol. The van der Waals surface area contributed by atoms with E-state index in [0.29, 0.717) is 6.04 Å². The zero-order chi connectivity index (χ0) is 12.7. The van der Waals surface area contributed by atoms with Crippen molar-refractivity contribution in [1.29, 1.82) is 0 Å². The summed E-state index contributed by atoms with van der Waals surface area (Å²) in [5.74, 6) is 0.718. The molecule has 0 heterocycles. The number of hydrogen-bond acceptors (Lipinski definition) is 2. The summed E-state index contributed by atoms with van der Waals surface area (Å²) in [6.07, 6.45) is 4.89. The van der Waals surface area contributed by atoms with E-state index in [-0.39, 0.29) is 0 Å². The monoisotopic (exact) mass is 240 g/mol. The van der Waals surface area contributed by atoms with Gasteiger partial charge in [0.25, 0.3) is 0 Å². The molecule has 0 amide bonds. The largest absolute Gasteiger partial charge is 0.370 e. The van der Waals surface area contributed by atoms with Gasteiger partial charge >= 0.3 is 0 Å². The predicted octanol–water partition coefficient (Wildman–Crippen LogP) is 1.52. The first-order valence-electron chi connectivity index (χ1n) is 6.94. The SMILES string of the molecule is CCN(CC)CCCCN=C(N)N(C)C1CC1. The van der Waals surface area contributed by atoms with Crippen molar-refractivity contribution < 1.29 is 0 Å². The number of rotatable bonds is 8. The van der Waals surface area contributed by atoms with Gasteiger partial charge in [0, 0.05) is 19.6 Å². The number of aliphatic imine (C=N–C) groups is 1. The van der Waals surface area contributed by atoms with Crippen LogP contribution in [0.5, 0.6) is 0 Å². The van der Waals surface area contributed by atoms with Crippen molar-refractivity contribution in [1.82, 2.24) is 9.80 Å². The van der Waals surface area contributed by atoms with Crippen LogP contribution in [0.15, 0.2) is 4.99 Å². The lowest BCUT2D eigenvalue weighted by molar-refractivity contribution is 0.297. The number of nitrogens with zero attached hydrogens (tertiary/aromatic N) is 3. The lowest BCUT2D eigenvalue weighted by atomic mass is 10.3. The molecule has 0 spiro atoms. The molecule has 1 rings (SSSR count). The van der Waals surface area contributed by atoms with E-state index in [1.165, 1.54) is 25.8 Å². The number of hydrogen-bond donors (Lipinski definition) is 1. The van der Waals surface area contributed by atoms with Crippen molar-refractivity contribution in [3.05, 3.63) is 0 Å². The van der Waals surface area contributed by atoms with Gasteiger partial charge in [-0.1, -0.05) is 13.8 Å². The smallest absolute Gasteiger partial charge is 0.191 e. The summed E-state index contributed by atoms with van der Waals surface area (Å²) in [4.78, 5) is 9.00. The van der Waals surface area contributed by atoms with Crippen molar-refractivity contribution >= 4 is 5.96 Å². The van der Waals surface area contributed by atoms with E-state index in [1.807, 2.05) is 7.05 Å². The van der Waals surface area contributed by atoms with E-state index < -0.39 is 0 Å². The van der Waals surface area contributed by atoms with Crippen LogP contribution in [0.4, 0.5) is 0 Å². The van der Waals surface area contributed by atoms with Gasteiger partial charge in [0.15, 0.2) is 5.96 Å². The van der Waals surface area contributed by atoms with E-state index in [4.69, 9.17) is 5.73 Å². The summed E-state index contributed by atoms with van der Waals surface area (Å²) in [7, 11) is 2.05. The van der Waals surface area contributed by atoms with E-state index in [2.05, 4.69) is 28.6 Å². The topological polar surface area (TPSA) is 44.9 Å². The van der Waals surface area contributed by atoms with E-state index in [0.717, 1.165) is 32.0 Å². The number of unbranched alkanes of at least 4 members (excludes halogenated alkanes) is 1. The van der Waals surface area contributed by atoms with Crippen LogP contribution < -0.4 is 5.73 Å². The fourth-order valence-corrected chi connectivity index (χ4v) is 1.94. The summed E-state index contributed by atoms with van der Waals surface area (Å²) < 4.78 is 0. The Labute approximate surface area is 106 Å². The summed E-state index contributed by atoms with van der Waals surface area (Å²) in [5.41, 5.74) is 5.92. The average Bonchev–Trinajstić information content (AvgIpc) is 3.16. The van der Waals surface area contributed by atoms with Crippen LogP contribution in [0.2, 0.25) is 0 Å². The minimum Gasteiger partial charge on any atom is -0.370 e. The van der Waals surface area contributed by atoms with E-state index >= 15 is 0 Å². The molecule has 2 N–H and O–H groups in total. The Balaban J connectivity index is 2.07. The fourth-order valence-electron chi connectivity index (χ4n) is 1.94. The van der Waals surface area contributed by atoms with Gasteiger partial charge < -0.3 is 15.5 Å². The van der Waals surface area contributed by atoms with Crippen LogP contribution in [-0.2, 0) is 0 Å². The molecular formula is C13H28N4. The molecule has 0 saturated heterocycles. The Hall–Kier alpha value is -0.770. The maximum Gasteiger partial charge on any atom is 0.191 e. The third kappa shape index (κ3) is 5.39. The molecule has 17 heavy (non-hydrogen) atoms. The van der Waals surface area contributed by atoms with Gasteiger partial charge in [-0.3, -0.25) is 4.99 Å². The third-order valence-corrected chi connectivity index (χ3v) is 3.51. The van der Waals surface area contributed by atoms with Crippen molar-refractivity contribution in [2.45, 2.75) is 45.6 Å². The second-order valence-electron chi connectivity index (χ2n) is 4.82. The minimum atomic E-state index is 0.662. The van der Waals surface area contributed by atoms with Crippen molar-refractivity contribution in [2.75, 3.05) is 33.2 Å². The summed E-state index contributed by atoms with van der Waals surface area (Å²) in [5, 5.41) is 0. The maximum atomic E-state index is 5.92. The van der Waals surface area contributed by atoms with E-state index in [1.54, 1.807) is 0 Å². The highest BCUT2D eigenvalue weighted by Gasteiger charge is 2.27. The predicted molar refractivity (Wildman–Crippen MR) is 74.3 cm³/mol. The second kappa shape index (κ2) is 7.54. The van der Waals surface area contributed by atoms with Gasteiger partial charge in [0.2, 0.25) is 0 Å². The third-order valence-electron chi connectivity index (χ3n) is 3.51. The van der Waals surface area contributed by atoms with Crippen molar-refractivity contribution in [2.24, 2.45) is 10.7 Å². The van der Waals surface area contributed by atoms with Crippen LogP contribution in [0, 0.1) is 0 Å². The molecule has 100 valence electrons. The molecule has 1 aliphatic rings. The Morgan fingerprint density at radius 2 is 1.88 bits per heavy atom. The zero-order valence-corrected chi connectivity index (χ0v) is 11.7. The van der Waals surface area contributed by atoms with Crippen LogP contribution in [0.1, 0.15) is 39.5 Å².